The maximum Gasteiger partial charge on any atom is 0.472 e. The Kier molecular flexibility index (Phi) is 60.6. The van der Waals surface area contributed by atoms with Crippen molar-refractivity contribution in [3.8, 4) is 0 Å². The van der Waals surface area contributed by atoms with Crippen molar-refractivity contribution in [3.63, 3.8) is 0 Å². The van der Waals surface area contributed by atoms with Crippen LogP contribution in [0.5, 0.6) is 0 Å². The van der Waals surface area contributed by atoms with Crippen LogP contribution < -0.4 is 0 Å². The summed E-state index contributed by atoms with van der Waals surface area (Å²) in [7, 11) is -9.90. The lowest BCUT2D eigenvalue weighted by Crippen LogP contribution is -2.30. The second kappa shape index (κ2) is 61.9. The number of ether oxygens (including phenoxy) is 4. The maximum absolute atomic E-state index is 13.0. The number of aliphatic hydroxyl groups excluding tert-OH is 1. The van der Waals surface area contributed by atoms with Crippen molar-refractivity contribution in [2.24, 2.45) is 17.8 Å². The topological polar surface area (TPSA) is 237 Å². The lowest BCUT2D eigenvalue weighted by molar-refractivity contribution is -0.161. The third-order valence-corrected chi connectivity index (χ3v) is 18.3. The number of phosphoric ester groups is 2. The van der Waals surface area contributed by atoms with Crippen LogP contribution in [0.1, 0.15) is 357 Å². The molecule has 19 heteroatoms. The summed E-state index contributed by atoms with van der Waals surface area (Å²) in [6.07, 6.45) is 46.3. The van der Waals surface area contributed by atoms with E-state index in [4.69, 9.17) is 37.0 Å². The zero-order valence-corrected chi connectivity index (χ0v) is 60.4. The first-order chi connectivity index (χ1) is 43.2. The minimum absolute atomic E-state index is 0.102. The summed E-state index contributed by atoms with van der Waals surface area (Å²) in [6, 6.07) is 0. The Morgan fingerprint density at radius 2 is 0.511 bits per heavy atom. The van der Waals surface area contributed by atoms with E-state index in [1.165, 1.54) is 161 Å². The Balaban J connectivity index is 5.17. The van der Waals surface area contributed by atoms with Gasteiger partial charge in [0.25, 0.3) is 0 Å². The van der Waals surface area contributed by atoms with Crippen molar-refractivity contribution in [1.29, 1.82) is 0 Å². The van der Waals surface area contributed by atoms with Crippen LogP contribution in [0.2, 0.25) is 0 Å². The standard InChI is InChI=1S/C71H138O17P2/c1-8-9-10-11-12-13-14-15-16-17-18-19-20-21-22-23-24-31-40-47-54-70(75)87-66(58-81-68(73)52-45-38-30-26-25-28-35-42-49-62(2)3)60-85-89(77,78)83-56-65(72)57-84-90(79,80)86-61-67(59-82-69(74)53-46-39-34-33-37-44-51-64(6)7)88-71(76)55-48-41-32-27-29-36-43-50-63(4)5/h62-67,72H,8-61H2,1-7H3,(H,77,78)(H,79,80)/t65-,66-,67-/m1/s1. The van der Waals surface area contributed by atoms with Gasteiger partial charge in [-0.05, 0) is 43.4 Å². The molecule has 0 saturated carbocycles. The lowest BCUT2D eigenvalue weighted by Gasteiger charge is -2.21. The van der Waals surface area contributed by atoms with Gasteiger partial charge < -0.3 is 33.8 Å². The summed E-state index contributed by atoms with van der Waals surface area (Å²) < 4.78 is 68.2. The van der Waals surface area contributed by atoms with E-state index < -0.39 is 97.5 Å². The third kappa shape index (κ3) is 64.8. The van der Waals surface area contributed by atoms with Crippen LogP contribution in [0.3, 0.4) is 0 Å². The van der Waals surface area contributed by atoms with Gasteiger partial charge in [0, 0.05) is 25.7 Å². The van der Waals surface area contributed by atoms with E-state index in [0.717, 1.165) is 102 Å². The van der Waals surface area contributed by atoms with Gasteiger partial charge in [-0.2, -0.15) is 0 Å². The molecular weight excluding hydrogens is 1190 g/mol. The van der Waals surface area contributed by atoms with Gasteiger partial charge in [0.15, 0.2) is 12.2 Å². The average Bonchev–Trinajstić information content (AvgIpc) is 3.64. The van der Waals surface area contributed by atoms with Gasteiger partial charge in [0.1, 0.15) is 19.3 Å². The molecule has 0 aromatic heterocycles. The molecule has 5 atom stereocenters. The number of aliphatic hydroxyl groups is 1. The number of hydrogen-bond acceptors (Lipinski definition) is 15. The van der Waals surface area contributed by atoms with Crippen molar-refractivity contribution in [2.75, 3.05) is 39.6 Å². The van der Waals surface area contributed by atoms with Crippen molar-refractivity contribution in [3.05, 3.63) is 0 Å². The minimum Gasteiger partial charge on any atom is -0.462 e. The first-order valence-electron chi connectivity index (χ1n) is 36.8. The van der Waals surface area contributed by atoms with Crippen LogP contribution in [-0.2, 0) is 65.4 Å². The number of carbonyl (C=O) groups is 4. The highest BCUT2D eigenvalue weighted by Gasteiger charge is 2.30. The fourth-order valence-corrected chi connectivity index (χ4v) is 12.3. The summed E-state index contributed by atoms with van der Waals surface area (Å²) in [5.41, 5.74) is 0. The van der Waals surface area contributed by atoms with E-state index in [1.54, 1.807) is 0 Å². The van der Waals surface area contributed by atoms with Crippen LogP contribution in [0, 0.1) is 17.8 Å². The Morgan fingerprint density at radius 1 is 0.300 bits per heavy atom. The second-order valence-corrected chi connectivity index (χ2v) is 30.0. The molecule has 534 valence electrons. The van der Waals surface area contributed by atoms with Gasteiger partial charge >= 0.3 is 39.5 Å². The predicted molar refractivity (Wildman–Crippen MR) is 363 cm³/mol. The maximum atomic E-state index is 13.0. The Bertz CT molecular complexity index is 1770. The Morgan fingerprint density at radius 3 is 0.756 bits per heavy atom. The largest absolute Gasteiger partial charge is 0.472 e. The van der Waals surface area contributed by atoms with Gasteiger partial charge in [-0.1, -0.05) is 305 Å². The minimum atomic E-state index is -4.95. The summed E-state index contributed by atoms with van der Waals surface area (Å²) in [5, 5.41) is 10.6. The molecule has 0 radical (unpaired) electrons. The highest BCUT2D eigenvalue weighted by molar-refractivity contribution is 7.47. The molecule has 0 spiro atoms. The summed E-state index contributed by atoms with van der Waals surface area (Å²) in [4.78, 5) is 72.5. The van der Waals surface area contributed by atoms with Crippen LogP contribution in [0.25, 0.3) is 0 Å². The summed E-state index contributed by atoms with van der Waals surface area (Å²) in [6.45, 7) is 11.7. The van der Waals surface area contributed by atoms with E-state index in [0.29, 0.717) is 37.5 Å². The van der Waals surface area contributed by atoms with E-state index in [1.807, 2.05) is 0 Å². The molecule has 3 N–H and O–H groups in total. The molecule has 0 aliphatic heterocycles. The van der Waals surface area contributed by atoms with Crippen molar-refractivity contribution in [2.45, 2.75) is 375 Å². The average molecular weight is 1330 g/mol. The molecular formula is C71H138O17P2. The van der Waals surface area contributed by atoms with Crippen molar-refractivity contribution >= 4 is 39.5 Å². The van der Waals surface area contributed by atoms with Gasteiger partial charge in [-0.25, -0.2) is 9.13 Å². The molecule has 0 aromatic rings. The highest BCUT2D eigenvalue weighted by Crippen LogP contribution is 2.45. The number of hydrogen-bond donors (Lipinski definition) is 3. The number of phosphoric acid groups is 2. The molecule has 0 aliphatic carbocycles. The molecule has 0 bridgehead atoms. The van der Waals surface area contributed by atoms with Gasteiger partial charge in [-0.3, -0.25) is 37.3 Å². The van der Waals surface area contributed by atoms with E-state index in [9.17, 15) is 43.2 Å². The molecule has 0 aliphatic rings. The molecule has 0 fully saturated rings. The van der Waals surface area contributed by atoms with E-state index in [-0.39, 0.29) is 25.7 Å². The van der Waals surface area contributed by atoms with E-state index in [2.05, 4.69) is 48.5 Å². The van der Waals surface area contributed by atoms with Crippen LogP contribution in [0.15, 0.2) is 0 Å². The summed E-state index contributed by atoms with van der Waals surface area (Å²) in [5.74, 6) is -0.0302. The first-order valence-corrected chi connectivity index (χ1v) is 39.8. The number of rotatable bonds is 69. The normalized spacial score (nSPS) is 14.2. The van der Waals surface area contributed by atoms with Gasteiger partial charge in [0.05, 0.1) is 26.4 Å². The molecule has 0 saturated heterocycles. The Labute approximate surface area is 549 Å². The monoisotopic (exact) mass is 1320 g/mol. The van der Waals surface area contributed by atoms with Crippen LogP contribution in [-0.4, -0.2) is 96.7 Å². The molecule has 0 heterocycles. The number of unbranched alkanes of at least 4 members (excludes halogenated alkanes) is 37. The molecule has 17 nitrogen and oxygen atoms in total. The SMILES string of the molecule is CCCCCCCCCCCCCCCCCCCCCCC(=O)O[C@H](COC(=O)CCCCCCCCCCC(C)C)COP(=O)(O)OC[C@@H](O)COP(=O)(O)OC[C@@H](COC(=O)CCCCCCCCC(C)C)OC(=O)CCCCCCCCCC(C)C. The van der Waals surface area contributed by atoms with Crippen molar-refractivity contribution < 1.29 is 80.2 Å². The summed E-state index contributed by atoms with van der Waals surface area (Å²) >= 11 is 0. The third-order valence-electron chi connectivity index (χ3n) is 16.4. The quantitative estimate of drug-likeness (QED) is 0.0222. The van der Waals surface area contributed by atoms with Gasteiger partial charge in [0.2, 0.25) is 0 Å². The fourth-order valence-electron chi connectivity index (χ4n) is 10.7. The predicted octanol–water partition coefficient (Wildman–Crippen LogP) is 20.2. The Hall–Kier alpha value is -1.94. The zero-order chi connectivity index (χ0) is 66.6. The van der Waals surface area contributed by atoms with Crippen molar-refractivity contribution in [1.82, 2.24) is 0 Å². The number of carbonyl (C=O) groups excluding carboxylic acids is 4. The molecule has 90 heavy (non-hydrogen) atoms. The van der Waals surface area contributed by atoms with E-state index >= 15 is 0 Å². The number of esters is 4. The molecule has 2 unspecified atom stereocenters. The molecule has 0 rings (SSSR count). The molecule has 0 amide bonds. The van der Waals surface area contributed by atoms with Crippen LogP contribution >= 0.6 is 15.6 Å². The second-order valence-electron chi connectivity index (χ2n) is 27.1. The fraction of sp³-hybridized carbons (Fsp3) is 0.944. The lowest BCUT2D eigenvalue weighted by atomic mass is 10.0. The van der Waals surface area contributed by atoms with Gasteiger partial charge in [-0.15, -0.1) is 0 Å². The first kappa shape index (κ1) is 88.1. The smallest absolute Gasteiger partial charge is 0.462 e. The zero-order valence-electron chi connectivity index (χ0n) is 58.6. The van der Waals surface area contributed by atoms with Crippen LogP contribution in [0.4, 0.5) is 0 Å². The highest BCUT2D eigenvalue weighted by atomic mass is 31.2. The molecule has 0 aromatic carbocycles.